The van der Waals surface area contributed by atoms with Crippen LogP contribution < -0.4 is 4.90 Å². The molecular formula is C26H25NO3S3. The molecule has 2 aromatic carbocycles. The maximum absolute atomic E-state index is 12.8. The van der Waals surface area contributed by atoms with Crippen molar-refractivity contribution in [1.29, 1.82) is 0 Å². The molecule has 0 aliphatic carbocycles. The summed E-state index contributed by atoms with van der Waals surface area (Å²) in [5.74, 6) is -0.418. The molecule has 0 atom stereocenters. The van der Waals surface area contributed by atoms with Gasteiger partial charge in [-0.25, -0.2) is 4.79 Å². The summed E-state index contributed by atoms with van der Waals surface area (Å²) in [7, 11) is 1.40. The number of methoxy groups -OCH3 is 1. The summed E-state index contributed by atoms with van der Waals surface area (Å²) in [6.45, 7) is 9.61. The Morgan fingerprint density at radius 3 is 2.33 bits per heavy atom. The predicted octanol–water partition coefficient (Wildman–Crippen LogP) is 6.51. The first-order valence-corrected chi connectivity index (χ1v) is 12.6. The van der Waals surface area contributed by atoms with E-state index in [2.05, 4.69) is 12.1 Å². The molecule has 2 aliphatic heterocycles. The lowest BCUT2D eigenvalue weighted by Crippen LogP contribution is -2.55. The average Bonchev–Trinajstić information content (AvgIpc) is 3.20. The molecule has 33 heavy (non-hydrogen) atoms. The zero-order chi connectivity index (χ0) is 24.1. The topological polar surface area (TPSA) is 46.6 Å². The summed E-state index contributed by atoms with van der Waals surface area (Å²) in [5.41, 5.74) is 5.09. The van der Waals surface area contributed by atoms with Gasteiger partial charge in [-0.2, -0.15) is 0 Å². The molecular weight excluding hydrogens is 470 g/mol. The Morgan fingerprint density at radius 1 is 1.06 bits per heavy atom. The molecule has 0 fully saturated rings. The Hall–Kier alpha value is -2.35. The third kappa shape index (κ3) is 3.96. The number of benzene rings is 2. The van der Waals surface area contributed by atoms with Crippen LogP contribution in [-0.4, -0.2) is 29.4 Å². The normalized spacial score (nSPS) is 19.6. The van der Waals surface area contributed by atoms with Crippen molar-refractivity contribution in [2.45, 2.75) is 40.2 Å². The molecule has 4 nitrogen and oxygen atoms in total. The molecule has 170 valence electrons. The van der Waals surface area contributed by atoms with E-state index in [1.54, 1.807) is 23.6 Å². The third-order valence-electron chi connectivity index (χ3n) is 5.80. The van der Waals surface area contributed by atoms with E-state index in [1.807, 2.05) is 58.0 Å². The fourth-order valence-electron chi connectivity index (χ4n) is 4.42. The van der Waals surface area contributed by atoms with Crippen LogP contribution in [0.1, 0.15) is 43.0 Å². The number of thioether (sulfide) groups is 2. The molecule has 0 aromatic heterocycles. The minimum Gasteiger partial charge on any atom is -0.465 e. The number of rotatable bonds is 2. The van der Waals surface area contributed by atoms with E-state index in [0.29, 0.717) is 9.77 Å². The van der Waals surface area contributed by atoms with Crippen LogP contribution in [-0.2, 0) is 14.3 Å². The maximum atomic E-state index is 12.8. The molecule has 4 rings (SSSR count). The standard InChI is InChI=1S/C26H25NO3S3/c1-14-12-15(2)20-18(13-14)19(23(31)26(4,5)27(20)16(3)28)25-32-21(17-10-8-7-9-11-17)22(33-25)24(29)30-6/h7-13H,1-6H3/b25-19-. The fourth-order valence-corrected chi connectivity index (χ4v) is 7.57. The van der Waals surface area contributed by atoms with Gasteiger partial charge in [-0.3, -0.25) is 4.79 Å². The Labute approximate surface area is 208 Å². The van der Waals surface area contributed by atoms with Crippen LogP contribution in [0.15, 0.2) is 51.6 Å². The second-order valence-electron chi connectivity index (χ2n) is 8.60. The Kier molecular flexibility index (Phi) is 6.33. The SMILES string of the molecule is COC(=O)C1=C(c2ccccc2)S/C(=C2/C(=S)C(C)(C)N(C(C)=O)c3c(C)cc(C)cc32)S1. The lowest BCUT2D eigenvalue weighted by atomic mass is 9.81. The first-order chi connectivity index (χ1) is 15.6. The monoisotopic (exact) mass is 495 g/mol. The summed E-state index contributed by atoms with van der Waals surface area (Å²) in [4.78, 5) is 29.4. The number of esters is 1. The molecule has 0 bridgehead atoms. The molecule has 2 aromatic rings. The minimum atomic E-state index is -0.696. The highest BCUT2D eigenvalue weighted by Gasteiger charge is 2.45. The highest BCUT2D eigenvalue weighted by molar-refractivity contribution is 8.32. The van der Waals surface area contributed by atoms with Crippen molar-refractivity contribution in [2.24, 2.45) is 0 Å². The number of ether oxygens (including phenoxy) is 1. The molecule has 1 amide bonds. The Morgan fingerprint density at radius 2 is 1.73 bits per heavy atom. The number of amides is 1. The van der Waals surface area contributed by atoms with Crippen molar-refractivity contribution in [3.63, 3.8) is 0 Å². The Bertz CT molecular complexity index is 1260. The van der Waals surface area contributed by atoms with E-state index in [-0.39, 0.29) is 11.9 Å². The van der Waals surface area contributed by atoms with E-state index >= 15 is 0 Å². The van der Waals surface area contributed by atoms with Crippen molar-refractivity contribution in [3.05, 3.63) is 73.9 Å². The third-order valence-corrected chi connectivity index (χ3v) is 9.13. The van der Waals surface area contributed by atoms with E-state index in [0.717, 1.165) is 42.7 Å². The van der Waals surface area contributed by atoms with E-state index in [9.17, 15) is 9.59 Å². The smallest absolute Gasteiger partial charge is 0.345 e. The van der Waals surface area contributed by atoms with Crippen LogP contribution in [0.5, 0.6) is 0 Å². The molecule has 7 heteroatoms. The molecule has 0 unspecified atom stereocenters. The van der Waals surface area contributed by atoms with Crippen LogP contribution in [0.2, 0.25) is 0 Å². The number of aryl methyl sites for hydroxylation is 2. The quantitative estimate of drug-likeness (QED) is 0.269. The molecule has 0 saturated carbocycles. The van der Waals surface area contributed by atoms with Crippen LogP contribution >= 0.6 is 35.7 Å². The second kappa shape index (κ2) is 8.78. The number of carbonyl (C=O) groups is 2. The summed E-state index contributed by atoms with van der Waals surface area (Å²) in [6.07, 6.45) is 0. The number of fused-ring (bicyclic) bond motifs is 1. The van der Waals surface area contributed by atoms with Crippen molar-refractivity contribution in [1.82, 2.24) is 0 Å². The van der Waals surface area contributed by atoms with Gasteiger partial charge in [0.05, 0.1) is 27.4 Å². The molecule has 0 saturated heterocycles. The molecule has 0 spiro atoms. The molecule has 0 radical (unpaired) electrons. The summed E-state index contributed by atoms with van der Waals surface area (Å²) < 4.78 is 6.04. The minimum absolute atomic E-state index is 0.0512. The predicted molar refractivity (Wildman–Crippen MR) is 143 cm³/mol. The van der Waals surface area contributed by atoms with E-state index in [4.69, 9.17) is 17.0 Å². The summed E-state index contributed by atoms with van der Waals surface area (Å²) in [5, 5.41) is 0. The fraction of sp³-hybridized carbons (Fsp3) is 0.269. The van der Waals surface area contributed by atoms with Gasteiger partial charge in [0.1, 0.15) is 4.91 Å². The zero-order valence-corrected chi connectivity index (χ0v) is 21.9. The summed E-state index contributed by atoms with van der Waals surface area (Å²) >= 11 is 8.97. The molecule has 2 aliphatic rings. The van der Waals surface area contributed by atoms with Crippen molar-refractivity contribution in [2.75, 3.05) is 12.0 Å². The van der Waals surface area contributed by atoms with Gasteiger partial charge >= 0.3 is 5.97 Å². The average molecular weight is 496 g/mol. The van der Waals surface area contributed by atoms with Gasteiger partial charge in [-0.15, -0.1) is 0 Å². The number of hydrogen-bond donors (Lipinski definition) is 0. The Balaban J connectivity index is 1.98. The van der Waals surface area contributed by atoms with Gasteiger partial charge in [-0.1, -0.05) is 77.7 Å². The van der Waals surface area contributed by atoms with Gasteiger partial charge in [-0.05, 0) is 44.9 Å². The highest BCUT2D eigenvalue weighted by Crippen LogP contribution is 2.58. The lowest BCUT2D eigenvalue weighted by molar-refractivity contribution is -0.135. The molecule has 2 heterocycles. The number of carbonyl (C=O) groups excluding carboxylic acids is 2. The van der Waals surface area contributed by atoms with Gasteiger partial charge in [0.2, 0.25) is 5.91 Å². The second-order valence-corrected chi connectivity index (χ2v) is 11.3. The maximum Gasteiger partial charge on any atom is 0.345 e. The van der Waals surface area contributed by atoms with E-state index < -0.39 is 5.54 Å². The zero-order valence-electron chi connectivity index (χ0n) is 19.4. The van der Waals surface area contributed by atoms with Crippen LogP contribution in [0.4, 0.5) is 5.69 Å². The molecule has 0 N–H and O–H groups in total. The number of anilines is 1. The van der Waals surface area contributed by atoms with Crippen LogP contribution in [0.3, 0.4) is 0 Å². The number of hydrogen-bond acceptors (Lipinski definition) is 6. The van der Waals surface area contributed by atoms with Crippen molar-refractivity contribution in [3.8, 4) is 0 Å². The number of nitrogens with zero attached hydrogens (tertiary/aromatic N) is 1. The first-order valence-electron chi connectivity index (χ1n) is 10.5. The first kappa shape index (κ1) is 23.8. The van der Waals surface area contributed by atoms with Gasteiger partial charge in [0, 0.05) is 23.0 Å². The van der Waals surface area contributed by atoms with Crippen LogP contribution in [0, 0.1) is 13.8 Å². The van der Waals surface area contributed by atoms with Gasteiger partial charge in [0.25, 0.3) is 0 Å². The van der Waals surface area contributed by atoms with Crippen molar-refractivity contribution >= 4 is 68.6 Å². The van der Waals surface area contributed by atoms with Gasteiger partial charge < -0.3 is 9.64 Å². The lowest BCUT2D eigenvalue weighted by Gasteiger charge is -2.45. The van der Waals surface area contributed by atoms with E-state index in [1.165, 1.54) is 18.9 Å². The van der Waals surface area contributed by atoms with Crippen molar-refractivity contribution < 1.29 is 14.3 Å². The largest absolute Gasteiger partial charge is 0.465 e. The summed E-state index contributed by atoms with van der Waals surface area (Å²) in [6, 6.07) is 14.0. The number of thiocarbonyl (C=S) groups is 1. The van der Waals surface area contributed by atoms with Crippen LogP contribution in [0.25, 0.3) is 10.5 Å². The highest BCUT2D eigenvalue weighted by atomic mass is 32.2. The van der Waals surface area contributed by atoms with Gasteiger partial charge in [0.15, 0.2) is 0 Å².